The van der Waals surface area contributed by atoms with Gasteiger partial charge >= 0.3 is 0 Å². The molecule has 0 saturated carbocycles. The summed E-state index contributed by atoms with van der Waals surface area (Å²) in [6.45, 7) is 3.17. The number of amides is 1. The van der Waals surface area contributed by atoms with Gasteiger partial charge in [-0.3, -0.25) is 9.78 Å². The van der Waals surface area contributed by atoms with Gasteiger partial charge in [0.25, 0.3) is 0 Å². The third-order valence-electron chi connectivity index (χ3n) is 2.87. The largest absolute Gasteiger partial charge is 0.548 e. The summed E-state index contributed by atoms with van der Waals surface area (Å²) in [7, 11) is 0. The number of thioether (sulfide) groups is 1. The Morgan fingerprint density at radius 1 is 1.38 bits per heavy atom. The monoisotopic (exact) mass is 303 g/mol. The molecule has 2 aromatic rings. The topological polar surface area (TPSA) is 82.1 Å². The molecule has 0 aliphatic heterocycles. The standard InChI is InChI=1S/C15H16N2O3S/c1-9-7-14(11-5-3-4-6-12(11)16-9)21-8-13(15(19)20)17-10(2)18/h3-7,13H,8H2,1-2H3,(H,17,18)(H,19,20)/p-1/t13-/m0/s1. The van der Waals surface area contributed by atoms with Gasteiger partial charge in [-0.15, -0.1) is 11.8 Å². The summed E-state index contributed by atoms with van der Waals surface area (Å²) in [6.07, 6.45) is 0. The number of fused-ring (bicyclic) bond motifs is 1. The first-order valence-corrected chi connectivity index (χ1v) is 7.43. The number of hydrogen-bond acceptors (Lipinski definition) is 5. The number of aliphatic carboxylic acids is 1. The van der Waals surface area contributed by atoms with Crippen molar-refractivity contribution in [2.45, 2.75) is 24.8 Å². The molecule has 1 aromatic carbocycles. The minimum Gasteiger partial charge on any atom is -0.548 e. The maximum Gasteiger partial charge on any atom is 0.217 e. The van der Waals surface area contributed by atoms with E-state index >= 15 is 0 Å². The zero-order valence-electron chi connectivity index (χ0n) is 11.8. The van der Waals surface area contributed by atoms with Crippen molar-refractivity contribution in [3.05, 3.63) is 36.0 Å². The molecular formula is C15H15N2O3S-. The average Bonchev–Trinajstić information content (AvgIpc) is 2.42. The van der Waals surface area contributed by atoms with E-state index in [-0.39, 0.29) is 11.7 Å². The number of aryl methyl sites for hydroxylation is 1. The molecule has 0 aliphatic carbocycles. The van der Waals surface area contributed by atoms with Crippen molar-refractivity contribution >= 4 is 34.5 Å². The van der Waals surface area contributed by atoms with Gasteiger partial charge in [0, 0.05) is 28.7 Å². The van der Waals surface area contributed by atoms with Gasteiger partial charge in [0.15, 0.2) is 0 Å². The third-order valence-corrected chi connectivity index (χ3v) is 4.02. The van der Waals surface area contributed by atoms with Crippen LogP contribution in [0.1, 0.15) is 12.6 Å². The Bertz CT molecular complexity index is 688. The van der Waals surface area contributed by atoms with Crippen LogP contribution in [0.2, 0.25) is 0 Å². The van der Waals surface area contributed by atoms with Crippen LogP contribution in [-0.2, 0) is 9.59 Å². The lowest BCUT2D eigenvalue weighted by molar-refractivity contribution is -0.307. The van der Waals surface area contributed by atoms with Crippen molar-refractivity contribution in [2.24, 2.45) is 0 Å². The number of aromatic nitrogens is 1. The van der Waals surface area contributed by atoms with Crippen LogP contribution in [-0.4, -0.2) is 28.7 Å². The van der Waals surface area contributed by atoms with Crippen molar-refractivity contribution < 1.29 is 14.7 Å². The number of carboxylic acid groups (broad SMARTS) is 1. The van der Waals surface area contributed by atoms with Gasteiger partial charge in [0.05, 0.1) is 17.5 Å². The van der Waals surface area contributed by atoms with E-state index in [1.807, 2.05) is 37.3 Å². The Labute approximate surface area is 126 Å². The Morgan fingerprint density at radius 3 is 2.76 bits per heavy atom. The lowest BCUT2D eigenvalue weighted by Gasteiger charge is -2.18. The fourth-order valence-electron chi connectivity index (χ4n) is 1.98. The molecule has 1 N–H and O–H groups in total. The fraction of sp³-hybridized carbons (Fsp3) is 0.267. The van der Waals surface area contributed by atoms with Crippen LogP contribution in [0.4, 0.5) is 0 Å². The molecule has 0 fully saturated rings. The summed E-state index contributed by atoms with van der Waals surface area (Å²) in [5.41, 5.74) is 1.73. The van der Waals surface area contributed by atoms with E-state index in [0.29, 0.717) is 0 Å². The summed E-state index contributed by atoms with van der Waals surface area (Å²) in [6, 6.07) is 8.57. The van der Waals surface area contributed by atoms with Crippen molar-refractivity contribution in [1.82, 2.24) is 10.3 Å². The van der Waals surface area contributed by atoms with E-state index in [1.54, 1.807) is 0 Å². The number of nitrogens with zero attached hydrogens (tertiary/aromatic N) is 1. The molecule has 1 heterocycles. The van der Waals surface area contributed by atoms with Gasteiger partial charge in [0.1, 0.15) is 0 Å². The molecule has 21 heavy (non-hydrogen) atoms. The zero-order valence-corrected chi connectivity index (χ0v) is 12.6. The van der Waals surface area contributed by atoms with Crippen LogP contribution in [0, 0.1) is 6.92 Å². The Kier molecular flexibility index (Phi) is 4.80. The summed E-state index contributed by atoms with van der Waals surface area (Å²) in [4.78, 5) is 27.4. The second kappa shape index (κ2) is 6.58. The van der Waals surface area contributed by atoms with Crippen molar-refractivity contribution in [3.63, 3.8) is 0 Å². The van der Waals surface area contributed by atoms with Gasteiger partial charge in [-0.1, -0.05) is 18.2 Å². The maximum atomic E-state index is 11.0. The molecule has 5 nitrogen and oxygen atoms in total. The highest BCUT2D eigenvalue weighted by Gasteiger charge is 2.13. The minimum absolute atomic E-state index is 0.204. The first kappa shape index (κ1) is 15.3. The number of nitrogens with one attached hydrogen (secondary N) is 1. The Hall–Kier alpha value is -2.08. The second-order valence-electron chi connectivity index (χ2n) is 4.66. The van der Waals surface area contributed by atoms with Crippen molar-refractivity contribution in [2.75, 3.05) is 5.75 Å². The Balaban J connectivity index is 2.23. The molecule has 0 radical (unpaired) electrons. The number of pyridine rings is 1. The highest BCUT2D eigenvalue weighted by molar-refractivity contribution is 7.99. The van der Waals surface area contributed by atoms with E-state index in [9.17, 15) is 14.7 Å². The third kappa shape index (κ3) is 3.95. The van der Waals surface area contributed by atoms with Crippen LogP contribution < -0.4 is 10.4 Å². The van der Waals surface area contributed by atoms with Crippen LogP contribution in [0.25, 0.3) is 10.9 Å². The fourth-order valence-corrected chi connectivity index (χ4v) is 3.12. The molecule has 0 saturated heterocycles. The van der Waals surface area contributed by atoms with Gasteiger partial charge in [0.2, 0.25) is 5.91 Å². The number of carbonyl (C=O) groups is 2. The van der Waals surface area contributed by atoms with Gasteiger partial charge < -0.3 is 15.2 Å². The lowest BCUT2D eigenvalue weighted by Crippen LogP contribution is -2.48. The molecule has 1 atom stereocenters. The second-order valence-corrected chi connectivity index (χ2v) is 5.72. The van der Waals surface area contributed by atoms with Crippen LogP contribution >= 0.6 is 11.8 Å². The van der Waals surface area contributed by atoms with Crippen LogP contribution in [0.15, 0.2) is 35.2 Å². The van der Waals surface area contributed by atoms with Gasteiger partial charge in [-0.05, 0) is 19.1 Å². The summed E-state index contributed by atoms with van der Waals surface area (Å²) in [5, 5.41) is 14.4. The van der Waals surface area contributed by atoms with Gasteiger partial charge in [-0.25, -0.2) is 0 Å². The Morgan fingerprint density at radius 2 is 2.10 bits per heavy atom. The molecule has 0 bridgehead atoms. The molecule has 110 valence electrons. The number of carbonyl (C=O) groups excluding carboxylic acids is 2. The number of para-hydroxylation sites is 1. The van der Waals surface area contributed by atoms with Gasteiger partial charge in [-0.2, -0.15) is 0 Å². The predicted molar refractivity (Wildman–Crippen MR) is 79.8 cm³/mol. The molecule has 0 aliphatic rings. The van der Waals surface area contributed by atoms with Crippen molar-refractivity contribution in [1.29, 1.82) is 0 Å². The highest BCUT2D eigenvalue weighted by atomic mass is 32.2. The van der Waals surface area contributed by atoms with Crippen LogP contribution in [0.5, 0.6) is 0 Å². The summed E-state index contributed by atoms with van der Waals surface area (Å²) >= 11 is 1.37. The molecule has 1 amide bonds. The quantitative estimate of drug-likeness (QED) is 0.830. The average molecular weight is 303 g/mol. The smallest absolute Gasteiger partial charge is 0.217 e. The molecule has 0 spiro atoms. The summed E-state index contributed by atoms with van der Waals surface area (Å²) in [5.74, 6) is -1.47. The molecular weight excluding hydrogens is 288 g/mol. The van der Waals surface area contributed by atoms with E-state index in [0.717, 1.165) is 21.5 Å². The number of rotatable bonds is 5. The number of benzene rings is 1. The zero-order chi connectivity index (χ0) is 15.4. The van der Waals surface area contributed by atoms with E-state index < -0.39 is 12.0 Å². The highest BCUT2D eigenvalue weighted by Crippen LogP contribution is 2.28. The molecule has 6 heteroatoms. The van der Waals surface area contributed by atoms with Crippen LogP contribution in [0.3, 0.4) is 0 Å². The number of hydrogen-bond donors (Lipinski definition) is 1. The minimum atomic E-state index is -1.28. The molecule has 0 unspecified atom stereocenters. The SMILES string of the molecule is CC(=O)N[C@@H](CSc1cc(C)nc2ccccc12)C(=O)[O-]. The van der Waals surface area contributed by atoms with E-state index in [2.05, 4.69) is 10.3 Å². The first-order chi connectivity index (χ1) is 9.97. The normalized spacial score (nSPS) is 12.1. The maximum absolute atomic E-state index is 11.0. The predicted octanol–water partition coefficient (Wildman–Crippen LogP) is 0.890. The molecule has 2 rings (SSSR count). The van der Waals surface area contributed by atoms with E-state index in [4.69, 9.17) is 0 Å². The van der Waals surface area contributed by atoms with Crippen molar-refractivity contribution in [3.8, 4) is 0 Å². The summed E-state index contributed by atoms with van der Waals surface area (Å²) < 4.78 is 0. The van der Waals surface area contributed by atoms with E-state index in [1.165, 1.54) is 18.7 Å². The number of carboxylic acids is 1. The molecule has 1 aromatic heterocycles. The first-order valence-electron chi connectivity index (χ1n) is 6.44. The lowest BCUT2D eigenvalue weighted by atomic mass is 10.2.